The number of halogens is 3. The number of rotatable bonds is 13. The Morgan fingerprint density at radius 3 is 2.40 bits per heavy atom. The predicted molar refractivity (Wildman–Crippen MR) is 262 cm³/mol. The van der Waals surface area contributed by atoms with Gasteiger partial charge in [-0.15, -0.1) is 0 Å². The van der Waals surface area contributed by atoms with Gasteiger partial charge in [-0.2, -0.15) is 13.2 Å². The number of hydrogen-bond donors (Lipinski definition) is 5. The molecule has 72 heavy (non-hydrogen) atoms. The van der Waals surface area contributed by atoms with Gasteiger partial charge in [0.2, 0.25) is 0 Å². The second-order valence-corrected chi connectivity index (χ2v) is 20.5. The number of esters is 1. The average molecular weight is 996 g/mol. The molecular formula is C53H60F3N7O9. The van der Waals surface area contributed by atoms with Gasteiger partial charge in [-0.1, -0.05) is 27.7 Å². The number of piperidine rings is 1. The van der Waals surface area contributed by atoms with E-state index in [-0.39, 0.29) is 72.5 Å². The van der Waals surface area contributed by atoms with Crippen LogP contribution in [0.1, 0.15) is 125 Å². The van der Waals surface area contributed by atoms with Crippen molar-refractivity contribution < 1.29 is 51.7 Å². The lowest BCUT2D eigenvalue weighted by Crippen LogP contribution is -2.44. The number of nitrogens with zero attached hydrogens (tertiary/aromatic N) is 3. The Morgan fingerprint density at radius 2 is 1.72 bits per heavy atom. The minimum absolute atomic E-state index is 0.00730. The van der Waals surface area contributed by atoms with Crippen LogP contribution in [0.3, 0.4) is 0 Å². The van der Waals surface area contributed by atoms with Crippen LogP contribution in [-0.4, -0.2) is 87.0 Å². The van der Waals surface area contributed by atoms with E-state index >= 15 is 0 Å². The summed E-state index contributed by atoms with van der Waals surface area (Å²) in [5.41, 5.74) is 5.61. The minimum atomic E-state index is -5.00. The summed E-state index contributed by atoms with van der Waals surface area (Å²) in [7, 11) is 0. The largest absolute Gasteiger partial charge is 0.458 e. The van der Waals surface area contributed by atoms with Crippen LogP contribution in [0.4, 0.5) is 29.3 Å². The van der Waals surface area contributed by atoms with Gasteiger partial charge in [-0.25, -0.2) is 14.6 Å². The van der Waals surface area contributed by atoms with Crippen LogP contribution in [-0.2, 0) is 44.2 Å². The first kappa shape index (κ1) is 50.3. The number of carbonyl (C=O) groups is 4. The Hall–Kier alpha value is -6.60. The molecule has 2 amide bonds. The molecule has 0 radical (unpaired) electrons. The number of ketones is 1. The molecule has 16 nitrogen and oxygen atoms in total. The molecule has 6 N–H and O–H groups in total. The van der Waals surface area contributed by atoms with Crippen molar-refractivity contribution in [2.75, 3.05) is 30.3 Å². The van der Waals surface area contributed by atoms with Gasteiger partial charge in [-0.3, -0.25) is 19.8 Å². The molecule has 4 aromatic rings. The van der Waals surface area contributed by atoms with Gasteiger partial charge in [0.1, 0.15) is 18.1 Å². The molecule has 2 aromatic heterocycles. The number of benzene rings is 2. The smallest absolute Gasteiger partial charge is 0.433 e. The number of aliphatic hydroxyl groups is 1. The number of alkyl halides is 3. The highest BCUT2D eigenvalue weighted by molar-refractivity contribution is 6.24. The first-order valence-electron chi connectivity index (χ1n) is 24.8. The molecule has 19 heteroatoms. The Labute approximate surface area is 414 Å². The molecule has 0 unspecified atom stereocenters. The predicted octanol–water partition coefficient (Wildman–Crippen LogP) is 8.42. The van der Waals surface area contributed by atoms with Crippen molar-refractivity contribution in [3.05, 3.63) is 91.9 Å². The highest BCUT2D eigenvalue weighted by Gasteiger charge is 2.46. The van der Waals surface area contributed by atoms with Gasteiger partial charge < -0.3 is 45.2 Å². The Morgan fingerprint density at radius 1 is 0.986 bits per heavy atom. The number of pyridine rings is 2. The SMILES string of the molecule is CCc1c2c(nc3ccc(OC(=O)N4CCC(CCO[C@H]5CC[C@H](Nc6cc(NC7=C(C(=N)C(F)(F)F)C(=O)CC(C)(C)C7)ccc6C(N)=O)CC5)CC4)cc13)-c1cc3c(c(=O)n1C2)COC(=O)[C@]3(O)CC. The van der Waals surface area contributed by atoms with Crippen molar-refractivity contribution in [3.63, 3.8) is 0 Å². The zero-order chi connectivity index (χ0) is 51.4. The third kappa shape index (κ3) is 9.72. The molecule has 0 spiro atoms. The van der Waals surface area contributed by atoms with Crippen LogP contribution in [0.2, 0.25) is 0 Å². The van der Waals surface area contributed by atoms with Crippen LogP contribution in [0, 0.1) is 16.7 Å². The zero-order valence-electron chi connectivity index (χ0n) is 40.9. The van der Waals surface area contributed by atoms with Gasteiger partial charge in [0.05, 0.1) is 46.3 Å². The van der Waals surface area contributed by atoms with E-state index < -0.39 is 52.2 Å². The number of anilines is 2. The summed E-state index contributed by atoms with van der Waals surface area (Å²) in [6.45, 7) is 8.97. The molecule has 2 fully saturated rings. The normalized spacial score (nSPS) is 22.0. The third-order valence-corrected chi connectivity index (χ3v) is 15.1. The van der Waals surface area contributed by atoms with Crippen molar-refractivity contribution in [3.8, 4) is 17.1 Å². The van der Waals surface area contributed by atoms with E-state index in [0.717, 1.165) is 61.5 Å². The number of nitrogens with two attached hydrogens (primary N) is 1. The van der Waals surface area contributed by atoms with Crippen LogP contribution < -0.4 is 26.7 Å². The molecule has 9 rings (SSSR count). The van der Waals surface area contributed by atoms with Crippen LogP contribution >= 0.6 is 0 Å². The van der Waals surface area contributed by atoms with Gasteiger partial charge in [-0.05, 0) is 124 Å². The van der Waals surface area contributed by atoms with E-state index in [2.05, 4.69) is 10.6 Å². The van der Waals surface area contributed by atoms with E-state index in [1.807, 2.05) is 13.0 Å². The Bertz CT molecular complexity index is 2990. The van der Waals surface area contributed by atoms with Gasteiger partial charge >= 0.3 is 18.2 Å². The molecule has 1 saturated heterocycles. The molecule has 5 heterocycles. The molecule has 2 aliphatic carbocycles. The minimum Gasteiger partial charge on any atom is -0.458 e. The molecule has 1 atom stereocenters. The number of amides is 2. The Balaban J connectivity index is 0.757. The number of primary amides is 1. The number of ether oxygens (including phenoxy) is 3. The summed E-state index contributed by atoms with van der Waals surface area (Å²) >= 11 is 0. The van der Waals surface area contributed by atoms with Crippen molar-refractivity contribution in [1.82, 2.24) is 14.5 Å². The number of fused-ring (bicyclic) bond motifs is 5. The number of hydrogen-bond acceptors (Lipinski definition) is 13. The maximum Gasteiger partial charge on any atom is 0.433 e. The quantitative estimate of drug-likeness (QED) is 0.0553. The maximum atomic E-state index is 13.7. The lowest BCUT2D eigenvalue weighted by molar-refractivity contribution is -0.172. The molecule has 382 valence electrons. The van der Waals surface area contributed by atoms with E-state index in [1.54, 1.807) is 54.5 Å². The molecular weight excluding hydrogens is 936 g/mol. The molecule has 2 aromatic carbocycles. The number of Topliss-reactive ketones (excluding diaryl/α,β-unsaturated/α-hetero) is 1. The van der Waals surface area contributed by atoms with Crippen molar-refractivity contribution in [2.24, 2.45) is 17.1 Å². The van der Waals surface area contributed by atoms with E-state index in [0.29, 0.717) is 66.1 Å². The first-order chi connectivity index (χ1) is 34.2. The third-order valence-electron chi connectivity index (χ3n) is 15.1. The highest BCUT2D eigenvalue weighted by Crippen LogP contribution is 2.43. The summed E-state index contributed by atoms with van der Waals surface area (Å²) in [5.74, 6) is -1.45. The molecule has 3 aliphatic heterocycles. The topological polar surface area (TPSA) is 228 Å². The highest BCUT2D eigenvalue weighted by atomic mass is 19.4. The zero-order valence-corrected chi connectivity index (χ0v) is 40.9. The summed E-state index contributed by atoms with van der Waals surface area (Å²) in [5, 5.41) is 26.2. The summed E-state index contributed by atoms with van der Waals surface area (Å²) in [4.78, 5) is 71.8. The molecule has 1 saturated carbocycles. The monoisotopic (exact) mass is 995 g/mol. The number of carbonyl (C=O) groups excluding carboxylic acids is 4. The summed E-state index contributed by atoms with van der Waals surface area (Å²) in [6, 6.07) is 11.6. The second kappa shape index (κ2) is 19.4. The number of nitrogens with one attached hydrogen (secondary N) is 3. The van der Waals surface area contributed by atoms with Crippen LogP contribution in [0.15, 0.2) is 58.5 Å². The lowest BCUT2D eigenvalue weighted by atomic mass is 9.74. The molecule has 5 aliphatic rings. The number of allylic oxidation sites excluding steroid dienone is 2. The lowest BCUT2D eigenvalue weighted by Gasteiger charge is -2.33. The summed E-state index contributed by atoms with van der Waals surface area (Å²) in [6.07, 6.45) is 0.733. The van der Waals surface area contributed by atoms with Gasteiger partial charge in [0.25, 0.3) is 11.5 Å². The number of likely N-dealkylation sites (tertiary alicyclic amines) is 1. The first-order valence-corrected chi connectivity index (χ1v) is 24.8. The summed E-state index contributed by atoms with van der Waals surface area (Å²) < 4.78 is 60.1. The molecule has 0 bridgehead atoms. The maximum absolute atomic E-state index is 13.7. The average Bonchev–Trinajstić information content (AvgIpc) is 3.70. The van der Waals surface area contributed by atoms with E-state index in [4.69, 9.17) is 30.3 Å². The van der Waals surface area contributed by atoms with Crippen molar-refractivity contribution >= 4 is 51.7 Å². The van der Waals surface area contributed by atoms with E-state index in [1.165, 1.54) is 12.1 Å². The van der Waals surface area contributed by atoms with Crippen LogP contribution in [0.5, 0.6) is 5.75 Å². The fourth-order valence-corrected chi connectivity index (χ4v) is 11.2. The van der Waals surface area contributed by atoms with Gasteiger partial charge in [0.15, 0.2) is 11.4 Å². The van der Waals surface area contributed by atoms with Crippen molar-refractivity contribution in [2.45, 2.75) is 135 Å². The van der Waals surface area contributed by atoms with Crippen LogP contribution in [0.25, 0.3) is 22.3 Å². The number of aromatic nitrogens is 2. The van der Waals surface area contributed by atoms with E-state index in [9.17, 15) is 42.3 Å². The second-order valence-electron chi connectivity index (χ2n) is 20.5. The van der Waals surface area contributed by atoms with Gasteiger partial charge in [0, 0.05) is 65.7 Å². The standard InChI is InChI=1S/C53H60F3N7O9/c1-5-33-35-22-32(12-14-39(35)61-45-36(33)26-63-42(45)23-38-37(48(63)66)27-71-49(67)52(38,69)6-2)72-50(68)62-18-15-28(16-19-62)17-20-70-31-10-7-29(8-11-31)59-40-21-30(9-13-34(40)47(58)65)60-41-24-51(3,4)25-43(64)44(41)46(57)53(54,55)56/h9,12-14,21-23,28-29,31,57,59-60,69H,5-8,10-11,15-20,24-27H2,1-4H3,(H2,58,65)/t29-,31-,52-/m0/s1. The fraction of sp³-hybridized carbons (Fsp3) is 0.491. The number of aryl methyl sites for hydroxylation is 1. The van der Waals surface area contributed by atoms with Crippen molar-refractivity contribution in [1.29, 1.82) is 5.41 Å². The number of cyclic esters (lactones) is 1. The fourth-order valence-electron chi connectivity index (χ4n) is 11.2. The Kier molecular flexibility index (Phi) is 13.6.